The number of rotatable bonds is 5. The Morgan fingerprint density at radius 2 is 2.20 bits per heavy atom. The summed E-state index contributed by atoms with van der Waals surface area (Å²) in [7, 11) is -2.67. The molecule has 0 atom stereocenters. The molecule has 0 fully saturated rings. The van der Waals surface area contributed by atoms with E-state index in [9.17, 15) is 13.2 Å². The Morgan fingerprint density at radius 3 is 2.75 bits per heavy atom. The maximum Gasteiger partial charge on any atom is 0.335 e. The number of carboxylic acid groups (broad SMARTS) is 1. The number of carbonyl (C=O) groups is 1. The second-order valence-corrected chi connectivity index (χ2v) is 6.00. The number of hydrogen-bond donors (Lipinski definition) is 2. The number of anilines is 1. The van der Waals surface area contributed by atoms with Crippen molar-refractivity contribution in [2.75, 3.05) is 11.8 Å². The van der Waals surface area contributed by atoms with Gasteiger partial charge in [-0.3, -0.25) is 4.72 Å². The van der Waals surface area contributed by atoms with Gasteiger partial charge in [-0.2, -0.15) is 0 Å². The molecule has 10 heteroatoms. The van der Waals surface area contributed by atoms with E-state index in [0.29, 0.717) is 0 Å². The topological polar surface area (TPSA) is 118 Å². The van der Waals surface area contributed by atoms with E-state index >= 15 is 0 Å². The van der Waals surface area contributed by atoms with Crippen LogP contribution in [0.25, 0.3) is 0 Å². The summed E-state index contributed by atoms with van der Waals surface area (Å²) in [4.78, 5) is 10.7. The molecule has 1 heterocycles. The van der Waals surface area contributed by atoms with Crippen LogP contribution in [-0.2, 0) is 10.0 Å². The molecule has 0 radical (unpaired) electrons. The first kappa shape index (κ1) is 14.2. The second-order valence-electron chi connectivity index (χ2n) is 3.52. The molecule has 0 saturated carbocycles. The molecule has 2 aromatic rings. The van der Waals surface area contributed by atoms with Gasteiger partial charge in [0, 0.05) is 0 Å². The standard InChI is InChI=1S/C10H9N3O5S2/c1-18-7-4-6(9(14)15)2-3-8(7)20(16,17)13-10-12-11-5-19-10/h2-5H,1H3,(H,12,13)(H,14,15). The van der Waals surface area contributed by atoms with E-state index < -0.39 is 16.0 Å². The number of carboxylic acids is 1. The maximum absolute atomic E-state index is 12.2. The van der Waals surface area contributed by atoms with Crippen molar-refractivity contribution < 1.29 is 23.1 Å². The largest absolute Gasteiger partial charge is 0.495 e. The average Bonchev–Trinajstić information content (AvgIpc) is 2.89. The van der Waals surface area contributed by atoms with Crippen molar-refractivity contribution in [1.82, 2.24) is 10.2 Å². The summed E-state index contributed by atoms with van der Waals surface area (Å²) in [5, 5.41) is 16.1. The zero-order valence-electron chi connectivity index (χ0n) is 10.1. The number of ether oxygens (including phenoxy) is 1. The number of aromatic carboxylic acids is 1. The molecule has 0 saturated heterocycles. The van der Waals surface area contributed by atoms with E-state index in [1.54, 1.807) is 0 Å². The van der Waals surface area contributed by atoms with Crippen LogP contribution in [0.3, 0.4) is 0 Å². The van der Waals surface area contributed by atoms with Gasteiger partial charge in [-0.1, -0.05) is 11.3 Å². The van der Waals surface area contributed by atoms with E-state index in [-0.39, 0.29) is 21.3 Å². The van der Waals surface area contributed by atoms with Crippen LogP contribution in [-0.4, -0.2) is 36.8 Å². The summed E-state index contributed by atoms with van der Waals surface area (Å²) < 4.78 is 31.5. The fraction of sp³-hybridized carbons (Fsp3) is 0.100. The fourth-order valence-electron chi connectivity index (χ4n) is 1.41. The van der Waals surface area contributed by atoms with Crippen molar-refractivity contribution in [1.29, 1.82) is 0 Å². The van der Waals surface area contributed by atoms with E-state index in [4.69, 9.17) is 9.84 Å². The molecule has 1 aromatic carbocycles. The van der Waals surface area contributed by atoms with Crippen LogP contribution in [0.2, 0.25) is 0 Å². The summed E-state index contributed by atoms with van der Waals surface area (Å²) in [6.45, 7) is 0. The van der Waals surface area contributed by atoms with Gasteiger partial charge in [-0.15, -0.1) is 10.2 Å². The van der Waals surface area contributed by atoms with Crippen LogP contribution in [0.15, 0.2) is 28.6 Å². The Labute approximate surface area is 118 Å². The van der Waals surface area contributed by atoms with Crippen molar-refractivity contribution in [3.05, 3.63) is 29.3 Å². The Balaban J connectivity index is 2.43. The fourth-order valence-corrected chi connectivity index (χ4v) is 3.26. The molecule has 2 N–H and O–H groups in total. The summed E-state index contributed by atoms with van der Waals surface area (Å²) >= 11 is 1.02. The molecule has 20 heavy (non-hydrogen) atoms. The van der Waals surface area contributed by atoms with Crippen molar-refractivity contribution in [3.8, 4) is 5.75 Å². The average molecular weight is 315 g/mol. The molecule has 1 aromatic heterocycles. The third-order valence-electron chi connectivity index (χ3n) is 2.28. The molecular formula is C10H9N3O5S2. The molecule has 0 aliphatic carbocycles. The number of hydrogen-bond acceptors (Lipinski definition) is 7. The predicted octanol–water partition coefficient (Wildman–Crippen LogP) is 1.05. The molecule has 2 rings (SSSR count). The van der Waals surface area contributed by atoms with Gasteiger partial charge in [-0.05, 0) is 18.2 Å². The zero-order chi connectivity index (χ0) is 14.8. The third kappa shape index (κ3) is 2.86. The highest BCUT2D eigenvalue weighted by molar-refractivity contribution is 7.93. The highest BCUT2D eigenvalue weighted by Gasteiger charge is 2.22. The Morgan fingerprint density at radius 1 is 1.45 bits per heavy atom. The lowest BCUT2D eigenvalue weighted by molar-refractivity contribution is 0.0696. The van der Waals surface area contributed by atoms with Gasteiger partial charge in [0.2, 0.25) is 5.13 Å². The van der Waals surface area contributed by atoms with Gasteiger partial charge in [0.25, 0.3) is 10.0 Å². The first-order valence-corrected chi connectivity index (χ1v) is 7.50. The van der Waals surface area contributed by atoms with E-state index in [1.165, 1.54) is 18.7 Å². The SMILES string of the molecule is COc1cc(C(=O)O)ccc1S(=O)(=O)Nc1nncs1. The summed E-state index contributed by atoms with van der Waals surface area (Å²) in [6, 6.07) is 3.47. The minimum absolute atomic E-state index is 0.0677. The Hall–Kier alpha value is -2.20. The third-order valence-corrected chi connectivity index (χ3v) is 4.40. The molecule has 0 aliphatic heterocycles. The summed E-state index contributed by atoms with van der Waals surface area (Å²) in [5.74, 6) is -1.24. The van der Waals surface area contributed by atoms with Crippen LogP contribution < -0.4 is 9.46 Å². The Bertz CT molecular complexity index is 727. The number of sulfonamides is 1. The highest BCUT2D eigenvalue weighted by atomic mass is 32.2. The highest BCUT2D eigenvalue weighted by Crippen LogP contribution is 2.27. The van der Waals surface area contributed by atoms with Crippen molar-refractivity contribution in [3.63, 3.8) is 0 Å². The molecule has 8 nitrogen and oxygen atoms in total. The monoisotopic (exact) mass is 315 g/mol. The molecule has 0 spiro atoms. The maximum atomic E-state index is 12.2. The van der Waals surface area contributed by atoms with Crippen LogP contribution in [0.5, 0.6) is 5.75 Å². The van der Waals surface area contributed by atoms with Crippen molar-refractivity contribution in [2.45, 2.75) is 4.90 Å². The Kier molecular flexibility index (Phi) is 3.86. The number of benzene rings is 1. The van der Waals surface area contributed by atoms with Gasteiger partial charge < -0.3 is 9.84 Å². The number of methoxy groups -OCH3 is 1. The molecule has 0 aliphatic rings. The molecule has 0 bridgehead atoms. The van der Waals surface area contributed by atoms with Gasteiger partial charge in [0.05, 0.1) is 12.7 Å². The quantitative estimate of drug-likeness (QED) is 0.846. The zero-order valence-corrected chi connectivity index (χ0v) is 11.7. The lowest BCUT2D eigenvalue weighted by atomic mass is 10.2. The molecule has 0 amide bonds. The molecular weight excluding hydrogens is 306 g/mol. The lowest BCUT2D eigenvalue weighted by Crippen LogP contribution is -2.14. The first-order valence-electron chi connectivity index (χ1n) is 5.14. The smallest absolute Gasteiger partial charge is 0.335 e. The minimum atomic E-state index is -3.93. The van der Waals surface area contributed by atoms with Gasteiger partial charge in [0.1, 0.15) is 16.2 Å². The molecule has 106 valence electrons. The summed E-state index contributed by atoms with van der Waals surface area (Å²) in [6.07, 6.45) is 0. The van der Waals surface area contributed by atoms with Crippen molar-refractivity contribution in [2.24, 2.45) is 0 Å². The van der Waals surface area contributed by atoms with Gasteiger partial charge in [0.15, 0.2) is 0 Å². The lowest BCUT2D eigenvalue weighted by Gasteiger charge is -2.10. The van der Waals surface area contributed by atoms with Crippen LogP contribution in [0.4, 0.5) is 5.13 Å². The van der Waals surface area contributed by atoms with E-state index in [0.717, 1.165) is 23.5 Å². The van der Waals surface area contributed by atoms with E-state index in [1.807, 2.05) is 0 Å². The number of aromatic nitrogens is 2. The minimum Gasteiger partial charge on any atom is -0.495 e. The molecule has 0 unspecified atom stereocenters. The number of nitrogens with one attached hydrogen (secondary N) is 1. The van der Waals surface area contributed by atoms with Gasteiger partial charge in [-0.25, -0.2) is 13.2 Å². The first-order chi connectivity index (χ1) is 9.44. The van der Waals surface area contributed by atoms with Crippen LogP contribution >= 0.6 is 11.3 Å². The van der Waals surface area contributed by atoms with E-state index in [2.05, 4.69) is 14.9 Å². The predicted molar refractivity (Wildman–Crippen MR) is 70.7 cm³/mol. The van der Waals surface area contributed by atoms with Gasteiger partial charge >= 0.3 is 5.97 Å². The second kappa shape index (κ2) is 5.43. The van der Waals surface area contributed by atoms with Crippen molar-refractivity contribution >= 4 is 32.5 Å². The van der Waals surface area contributed by atoms with Crippen LogP contribution in [0, 0.1) is 0 Å². The number of nitrogens with zero attached hydrogens (tertiary/aromatic N) is 2. The summed E-state index contributed by atoms with van der Waals surface area (Å²) in [5.41, 5.74) is 1.31. The normalized spacial score (nSPS) is 11.1. The van der Waals surface area contributed by atoms with Crippen LogP contribution in [0.1, 0.15) is 10.4 Å².